The highest BCUT2D eigenvalue weighted by atomic mass is 79.9. The van der Waals surface area contributed by atoms with Gasteiger partial charge in [0, 0.05) is 9.35 Å². The van der Waals surface area contributed by atoms with Gasteiger partial charge in [-0.05, 0) is 83.7 Å². The molecule has 35 heavy (non-hydrogen) atoms. The molecule has 1 amide bonds. The quantitative estimate of drug-likeness (QED) is 0.192. The summed E-state index contributed by atoms with van der Waals surface area (Å²) in [7, 11) is 1.60. The summed E-state index contributed by atoms with van der Waals surface area (Å²) < 4.78 is 7.69. The number of aromatic nitrogens is 2. The lowest BCUT2D eigenvalue weighted by molar-refractivity contribution is -0.113. The Bertz CT molecular complexity index is 1450. The zero-order valence-electron chi connectivity index (χ0n) is 20.0. The first-order valence-corrected chi connectivity index (χ1v) is 13.8. The van der Waals surface area contributed by atoms with Crippen molar-refractivity contribution in [2.24, 2.45) is 0 Å². The molecule has 1 N–H and O–H groups in total. The molecule has 2 aromatic heterocycles. The number of ether oxygens (including phenoxy) is 1. The minimum Gasteiger partial charge on any atom is -0.497 e. The number of thioether (sulfide) groups is 1. The SMILES string of the molecule is CCCc1sc2nc(SCC(=O)Nc3ccc(C)cc3Br)n(-c3ccc(OC)cc3)c(=O)c2c1C. The van der Waals surface area contributed by atoms with Crippen LogP contribution in [0.25, 0.3) is 15.9 Å². The molecule has 0 unspecified atom stereocenters. The van der Waals surface area contributed by atoms with Crippen molar-refractivity contribution in [3.8, 4) is 11.4 Å². The van der Waals surface area contributed by atoms with Gasteiger partial charge in [0.2, 0.25) is 5.91 Å². The molecule has 0 saturated carbocycles. The summed E-state index contributed by atoms with van der Waals surface area (Å²) in [5, 5.41) is 4.05. The summed E-state index contributed by atoms with van der Waals surface area (Å²) in [5.74, 6) is 0.634. The van der Waals surface area contributed by atoms with Crippen LogP contribution in [0.3, 0.4) is 0 Å². The number of methoxy groups -OCH3 is 1. The van der Waals surface area contributed by atoms with Crippen LogP contribution in [0.2, 0.25) is 0 Å². The van der Waals surface area contributed by atoms with Crippen LogP contribution in [0, 0.1) is 13.8 Å². The lowest BCUT2D eigenvalue weighted by atomic mass is 10.1. The second-order valence-corrected chi connectivity index (χ2v) is 11.0. The molecule has 0 bridgehead atoms. The number of halogens is 1. The summed E-state index contributed by atoms with van der Waals surface area (Å²) in [4.78, 5) is 33.2. The van der Waals surface area contributed by atoms with E-state index >= 15 is 0 Å². The van der Waals surface area contributed by atoms with Crippen LogP contribution in [0.1, 0.15) is 29.3 Å². The van der Waals surface area contributed by atoms with Crippen LogP contribution < -0.4 is 15.6 Å². The van der Waals surface area contributed by atoms with Crippen molar-refractivity contribution in [3.63, 3.8) is 0 Å². The Balaban J connectivity index is 1.71. The highest BCUT2D eigenvalue weighted by Crippen LogP contribution is 2.31. The third-order valence-electron chi connectivity index (χ3n) is 5.57. The number of carbonyl (C=O) groups excluding carboxylic acids is 1. The van der Waals surface area contributed by atoms with Crippen LogP contribution in [0.4, 0.5) is 5.69 Å². The molecule has 0 aliphatic heterocycles. The summed E-state index contributed by atoms with van der Waals surface area (Å²) in [6, 6.07) is 13.0. The van der Waals surface area contributed by atoms with Gasteiger partial charge >= 0.3 is 0 Å². The minimum atomic E-state index is -0.177. The summed E-state index contributed by atoms with van der Waals surface area (Å²) in [6.45, 7) is 6.11. The molecule has 2 aromatic carbocycles. The Morgan fingerprint density at radius 1 is 1.20 bits per heavy atom. The number of hydrogen-bond acceptors (Lipinski definition) is 6. The number of nitrogens with zero attached hydrogens (tertiary/aromatic N) is 2. The summed E-state index contributed by atoms with van der Waals surface area (Å²) in [6.07, 6.45) is 1.90. The molecule has 0 aliphatic carbocycles. The summed E-state index contributed by atoms with van der Waals surface area (Å²) >= 11 is 6.30. The fourth-order valence-corrected chi connectivity index (χ4v) is 6.49. The van der Waals surface area contributed by atoms with E-state index in [2.05, 4.69) is 28.2 Å². The lowest BCUT2D eigenvalue weighted by Gasteiger charge is -2.13. The standard InChI is InChI=1S/C26H26BrN3O3S2/c1-5-6-21-16(3)23-24(35-21)29-26(30(25(23)32)17-8-10-18(33-4)11-9-17)34-14-22(31)28-20-12-7-15(2)13-19(20)27/h7-13H,5-6,14H2,1-4H3,(H,28,31). The second kappa shape index (κ2) is 11.0. The first kappa shape index (κ1) is 25.5. The number of aryl methyl sites for hydroxylation is 3. The normalized spacial score (nSPS) is 11.1. The number of hydrogen-bond donors (Lipinski definition) is 1. The highest BCUT2D eigenvalue weighted by molar-refractivity contribution is 9.10. The number of benzene rings is 2. The van der Waals surface area contributed by atoms with E-state index in [4.69, 9.17) is 9.72 Å². The Kier molecular flexibility index (Phi) is 7.98. The van der Waals surface area contributed by atoms with Crippen LogP contribution >= 0.6 is 39.0 Å². The van der Waals surface area contributed by atoms with E-state index in [0.717, 1.165) is 28.4 Å². The molecule has 4 rings (SSSR count). The molecular weight excluding hydrogens is 546 g/mol. The molecule has 0 radical (unpaired) electrons. The van der Waals surface area contributed by atoms with Gasteiger partial charge in [-0.2, -0.15) is 0 Å². The van der Waals surface area contributed by atoms with Gasteiger partial charge < -0.3 is 10.1 Å². The molecule has 0 fully saturated rings. The van der Waals surface area contributed by atoms with Gasteiger partial charge in [0.1, 0.15) is 10.6 Å². The van der Waals surface area contributed by atoms with Gasteiger partial charge in [-0.15, -0.1) is 11.3 Å². The Morgan fingerprint density at radius 3 is 2.60 bits per heavy atom. The number of carbonyl (C=O) groups is 1. The second-order valence-electron chi connectivity index (χ2n) is 8.13. The average Bonchev–Trinajstić information content (AvgIpc) is 3.15. The number of nitrogens with one attached hydrogen (secondary N) is 1. The van der Waals surface area contributed by atoms with Gasteiger partial charge in [0.25, 0.3) is 5.56 Å². The van der Waals surface area contributed by atoms with E-state index in [-0.39, 0.29) is 17.2 Å². The van der Waals surface area contributed by atoms with Crippen LogP contribution in [0.5, 0.6) is 5.75 Å². The van der Waals surface area contributed by atoms with Crippen LogP contribution in [0.15, 0.2) is 56.9 Å². The Labute approximate surface area is 220 Å². The molecule has 0 atom stereocenters. The Morgan fingerprint density at radius 2 is 1.94 bits per heavy atom. The van der Waals surface area contributed by atoms with E-state index < -0.39 is 0 Å². The monoisotopic (exact) mass is 571 g/mol. The molecule has 4 aromatic rings. The maximum absolute atomic E-state index is 13.7. The molecule has 0 aliphatic rings. The number of anilines is 1. The van der Waals surface area contributed by atoms with Crippen molar-refractivity contribution in [3.05, 3.63) is 73.3 Å². The minimum absolute atomic E-state index is 0.112. The van der Waals surface area contributed by atoms with Gasteiger partial charge in [0.05, 0.1) is 29.6 Å². The van der Waals surface area contributed by atoms with E-state index in [1.807, 2.05) is 56.3 Å². The zero-order chi connectivity index (χ0) is 25.1. The fraction of sp³-hybridized carbons (Fsp3) is 0.269. The van der Waals surface area contributed by atoms with Crippen molar-refractivity contribution in [1.29, 1.82) is 0 Å². The first-order chi connectivity index (χ1) is 16.8. The predicted molar refractivity (Wildman–Crippen MR) is 149 cm³/mol. The van der Waals surface area contributed by atoms with Crippen molar-refractivity contribution >= 4 is 60.8 Å². The summed E-state index contributed by atoms with van der Waals surface area (Å²) in [5.41, 5.74) is 3.34. The van der Waals surface area contributed by atoms with E-state index in [1.54, 1.807) is 23.0 Å². The van der Waals surface area contributed by atoms with E-state index in [0.29, 0.717) is 32.5 Å². The zero-order valence-corrected chi connectivity index (χ0v) is 23.2. The van der Waals surface area contributed by atoms with Crippen molar-refractivity contribution < 1.29 is 9.53 Å². The maximum atomic E-state index is 13.7. The van der Waals surface area contributed by atoms with Crippen molar-refractivity contribution in [2.75, 3.05) is 18.2 Å². The molecule has 6 nitrogen and oxygen atoms in total. The Hall–Kier alpha value is -2.62. The number of fused-ring (bicyclic) bond motifs is 1. The van der Waals surface area contributed by atoms with E-state index in [9.17, 15) is 9.59 Å². The third kappa shape index (κ3) is 5.47. The average molecular weight is 573 g/mol. The molecule has 2 heterocycles. The smallest absolute Gasteiger partial charge is 0.267 e. The van der Waals surface area contributed by atoms with Crippen LogP contribution in [-0.2, 0) is 11.2 Å². The number of amides is 1. The highest BCUT2D eigenvalue weighted by Gasteiger charge is 2.20. The van der Waals surface area contributed by atoms with Gasteiger partial charge in [-0.3, -0.25) is 14.2 Å². The predicted octanol–water partition coefficient (Wildman–Crippen LogP) is 6.52. The number of rotatable bonds is 8. The maximum Gasteiger partial charge on any atom is 0.267 e. The molecule has 182 valence electrons. The van der Waals surface area contributed by atoms with Gasteiger partial charge in [-0.1, -0.05) is 31.2 Å². The molecule has 0 saturated heterocycles. The van der Waals surface area contributed by atoms with E-state index in [1.165, 1.54) is 16.6 Å². The third-order valence-corrected chi connectivity index (χ3v) is 8.41. The van der Waals surface area contributed by atoms with Crippen molar-refractivity contribution in [1.82, 2.24) is 9.55 Å². The largest absolute Gasteiger partial charge is 0.497 e. The van der Waals surface area contributed by atoms with Crippen molar-refractivity contribution in [2.45, 2.75) is 38.8 Å². The molecular formula is C26H26BrN3O3S2. The fourth-order valence-electron chi connectivity index (χ4n) is 3.77. The van der Waals surface area contributed by atoms with Gasteiger partial charge in [0.15, 0.2) is 5.16 Å². The van der Waals surface area contributed by atoms with Gasteiger partial charge in [-0.25, -0.2) is 4.98 Å². The number of thiophene rings is 1. The lowest BCUT2D eigenvalue weighted by Crippen LogP contribution is -2.23. The molecule has 9 heteroatoms. The van der Waals surface area contributed by atoms with Crippen LogP contribution in [-0.4, -0.2) is 28.3 Å². The molecule has 0 spiro atoms. The first-order valence-electron chi connectivity index (χ1n) is 11.2. The topological polar surface area (TPSA) is 73.2 Å².